The maximum atomic E-state index is 5.97. The number of hydrogen-bond donors (Lipinski definition) is 1. The van der Waals surface area contributed by atoms with E-state index < -0.39 is 0 Å². The largest absolute Gasteiger partial charge is 0.399 e. The van der Waals surface area contributed by atoms with Crippen molar-refractivity contribution < 1.29 is 0 Å². The summed E-state index contributed by atoms with van der Waals surface area (Å²) in [6.07, 6.45) is 2.12. The summed E-state index contributed by atoms with van der Waals surface area (Å²) in [4.78, 5) is 0. The van der Waals surface area contributed by atoms with E-state index in [0.29, 0.717) is 0 Å². The second-order valence-electron chi connectivity index (χ2n) is 4.75. The van der Waals surface area contributed by atoms with Crippen LogP contribution in [0.4, 0.5) is 5.69 Å². The van der Waals surface area contributed by atoms with Gasteiger partial charge < -0.3 is 10.3 Å². The van der Waals surface area contributed by atoms with E-state index in [1.54, 1.807) is 0 Å². The van der Waals surface area contributed by atoms with Crippen LogP contribution in [0.25, 0.3) is 10.9 Å². The van der Waals surface area contributed by atoms with Gasteiger partial charge in [-0.2, -0.15) is 0 Å². The van der Waals surface area contributed by atoms with Crippen LogP contribution in [-0.4, -0.2) is 4.57 Å². The van der Waals surface area contributed by atoms with Crippen LogP contribution in [0.3, 0.4) is 0 Å². The van der Waals surface area contributed by atoms with E-state index in [0.717, 1.165) is 16.7 Å². The number of anilines is 1. The van der Waals surface area contributed by atoms with Gasteiger partial charge in [0.05, 0.1) is 0 Å². The average Bonchev–Trinajstić information content (AvgIpc) is 2.80. The molecule has 2 N–H and O–H groups in total. The molecule has 0 aliphatic carbocycles. The third-order valence-corrected chi connectivity index (χ3v) is 4.28. The van der Waals surface area contributed by atoms with Gasteiger partial charge in [-0.25, -0.2) is 0 Å². The number of aromatic nitrogens is 1. The van der Waals surface area contributed by atoms with Crippen LogP contribution >= 0.6 is 15.9 Å². The molecule has 3 aromatic rings. The summed E-state index contributed by atoms with van der Waals surface area (Å²) < 4.78 is 3.38. The Morgan fingerprint density at radius 1 is 1.11 bits per heavy atom. The molecule has 1 heterocycles. The first-order valence-corrected chi connectivity index (χ1v) is 7.03. The van der Waals surface area contributed by atoms with Gasteiger partial charge in [0.1, 0.15) is 0 Å². The molecule has 0 bridgehead atoms. The number of halogens is 1. The van der Waals surface area contributed by atoms with Crippen LogP contribution in [-0.2, 0) is 6.54 Å². The molecule has 0 aliphatic rings. The van der Waals surface area contributed by atoms with Crippen molar-refractivity contribution in [2.75, 3.05) is 5.73 Å². The Morgan fingerprint density at radius 3 is 2.74 bits per heavy atom. The van der Waals surface area contributed by atoms with Crippen molar-refractivity contribution in [3.05, 3.63) is 64.3 Å². The molecule has 0 aliphatic heterocycles. The number of nitrogen functional groups attached to an aromatic ring is 1. The summed E-state index contributed by atoms with van der Waals surface area (Å²) >= 11 is 3.59. The number of hydrogen-bond acceptors (Lipinski definition) is 1. The fraction of sp³-hybridized carbons (Fsp3) is 0.125. The third kappa shape index (κ3) is 2.15. The van der Waals surface area contributed by atoms with E-state index in [-0.39, 0.29) is 0 Å². The van der Waals surface area contributed by atoms with Gasteiger partial charge in [-0.1, -0.05) is 34.1 Å². The first-order chi connectivity index (χ1) is 9.16. The highest BCUT2D eigenvalue weighted by atomic mass is 79.9. The van der Waals surface area contributed by atoms with E-state index >= 15 is 0 Å². The molecule has 0 fully saturated rings. The Bertz CT molecular complexity index is 744. The van der Waals surface area contributed by atoms with E-state index in [4.69, 9.17) is 5.73 Å². The van der Waals surface area contributed by atoms with Gasteiger partial charge in [-0.3, -0.25) is 0 Å². The highest BCUT2D eigenvalue weighted by Gasteiger charge is 2.06. The third-order valence-electron chi connectivity index (χ3n) is 3.59. The predicted octanol–water partition coefficient (Wildman–Crippen LogP) is 4.34. The summed E-state index contributed by atoms with van der Waals surface area (Å²) in [6.45, 7) is 2.92. The number of fused-ring (bicyclic) bond motifs is 1. The van der Waals surface area contributed by atoms with E-state index in [9.17, 15) is 0 Å². The number of benzene rings is 2. The normalized spacial score (nSPS) is 11.1. The molecule has 0 spiro atoms. The van der Waals surface area contributed by atoms with Gasteiger partial charge in [0.25, 0.3) is 0 Å². The minimum atomic E-state index is 0.844. The zero-order chi connectivity index (χ0) is 13.4. The Balaban J connectivity index is 2.07. The minimum Gasteiger partial charge on any atom is -0.399 e. The summed E-state index contributed by atoms with van der Waals surface area (Å²) in [5.41, 5.74) is 10.5. The lowest BCUT2D eigenvalue weighted by atomic mass is 10.1. The summed E-state index contributed by atoms with van der Waals surface area (Å²) in [6, 6.07) is 14.5. The van der Waals surface area contributed by atoms with Crippen LogP contribution < -0.4 is 5.73 Å². The Labute approximate surface area is 121 Å². The molecule has 0 unspecified atom stereocenters. The van der Waals surface area contributed by atoms with Crippen LogP contribution in [0.5, 0.6) is 0 Å². The van der Waals surface area contributed by atoms with Crippen molar-refractivity contribution in [2.45, 2.75) is 13.5 Å². The van der Waals surface area contributed by atoms with Gasteiger partial charge in [-0.05, 0) is 42.3 Å². The van der Waals surface area contributed by atoms with Crippen molar-refractivity contribution in [2.24, 2.45) is 0 Å². The van der Waals surface area contributed by atoms with Gasteiger partial charge in [0.15, 0.2) is 0 Å². The van der Waals surface area contributed by atoms with Gasteiger partial charge >= 0.3 is 0 Å². The maximum absolute atomic E-state index is 5.97. The molecule has 0 saturated carbocycles. The fourth-order valence-corrected chi connectivity index (χ4v) is 2.87. The predicted molar refractivity (Wildman–Crippen MR) is 84.3 cm³/mol. The minimum absolute atomic E-state index is 0.844. The molecule has 2 nitrogen and oxygen atoms in total. The standard InChI is InChI=1S/C16H15BrN2/c1-11-12(4-2-6-15(11)18)10-19-9-8-13-14(17)5-3-7-16(13)19/h2-9H,10,18H2,1H3. The first-order valence-electron chi connectivity index (χ1n) is 6.24. The van der Waals surface area contributed by atoms with Gasteiger partial charge in [0, 0.05) is 33.8 Å². The quantitative estimate of drug-likeness (QED) is 0.701. The van der Waals surface area contributed by atoms with Crippen LogP contribution in [0, 0.1) is 6.92 Å². The van der Waals surface area contributed by atoms with Gasteiger partial charge in [0.2, 0.25) is 0 Å². The zero-order valence-corrected chi connectivity index (χ0v) is 12.3. The SMILES string of the molecule is Cc1c(N)cccc1Cn1ccc2c(Br)cccc21. The van der Waals surface area contributed by atoms with Crippen molar-refractivity contribution in [3.8, 4) is 0 Å². The molecule has 0 saturated heterocycles. The average molecular weight is 315 g/mol. The molecule has 0 atom stereocenters. The van der Waals surface area contributed by atoms with E-state index in [1.165, 1.54) is 22.0 Å². The lowest BCUT2D eigenvalue weighted by molar-refractivity contribution is 0.831. The Hall–Kier alpha value is -1.74. The highest BCUT2D eigenvalue weighted by molar-refractivity contribution is 9.10. The van der Waals surface area contributed by atoms with Crippen LogP contribution in [0.1, 0.15) is 11.1 Å². The molecule has 3 rings (SSSR count). The number of nitrogens with zero attached hydrogens (tertiary/aromatic N) is 1. The monoisotopic (exact) mass is 314 g/mol. The van der Waals surface area contributed by atoms with Crippen molar-refractivity contribution in [3.63, 3.8) is 0 Å². The zero-order valence-electron chi connectivity index (χ0n) is 10.7. The van der Waals surface area contributed by atoms with Crippen molar-refractivity contribution in [1.29, 1.82) is 0 Å². The van der Waals surface area contributed by atoms with E-state index in [2.05, 4.69) is 63.9 Å². The number of nitrogens with two attached hydrogens (primary N) is 1. The lowest BCUT2D eigenvalue weighted by Gasteiger charge is -2.10. The van der Waals surface area contributed by atoms with Crippen molar-refractivity contribution in [1.82, 2.24) is 4.57 Å². The van der Waals surface area contributed by atoms with Crippen LogP contribution in [0.2, 0.25) is 0 Å². The molecule has 2 aromatic carbocycles. The molecule has 96 valence electrons. The molecular formula is C16H15BrN2. The Kier molecular flexibility index (Phi) is 3.07. The first kappa shape index (κ1) is 12.3. The molecule has 3 heteroatoms. The summed E-state index contributed by atoms with van der Waals surface area (Å²) in [7, 11) is 0. The Morgan fingerprint density at radius 2 is 1.89 bits per heavy atom. The van der Waals surface area contributed by atoms with Gasteiger partial charge in [-0.15, -0.1) is 0 Å². The lowest BCUT2D eigenvalue weighted by Crippen LogP contribution is -2.02. The molecule has 0 amide bonds. The molecular weight excluding hydrogens is 300 g/mol. The van der Waals surface area contributed by atoms with Crippen LogP contribution in [0.15, 0.2) is 53.1 Å². The second kappa shape index (κ2) is 4.74. The summed E-state index contributed by atoms with van der Waals surface area (Å²) in [5.74, 6) is 0. The smallest absolute Gasteiger partial charge is 0.0494 e. The highest BCUT2D eigenvalue weighted by Crippen LogP contribution is 2.26. The van der Waals surface area contributed by atoms with E-state index in [1.807, 2.05) is 12.1 Å². The second-order valence-corrected chi connectivity index (χ2v) is 5.60. The summed E-state index contributed by atoms with van der Waals surface area (Å²) in [5, 5.41) is 1.24. The molecule has 19 heavy (non-hydrogen) atoms. The molecule has 1 aromatic heterocycles. The topological polar surface area (TPSA) is 30.9 Å². The maximum Gasteiger partial charge on any atom is 0.0494 e. The molecule has 0 radical (unpaired) electrons. The van der Waals surface area contributed by atoms with Crippen molar-refractivity contribution >= 4 is 32.5 Å². The fourth-order valence-electron chi connectivity index (χ4n) is 2.38. The number of rotatable bonds is 2.